The van der Waals surface area contributed by atoms with Gasteiger partial charge in [-0.3, -0.25) is 9.59 Å². The first-order valence-electron chi connectivity index (χ1n) is 5.21. The Morgan fingerprint density at radius 1 is 1.47 bits per heavy atom. The van der Waals surface area contributed by atoms with Crippen molar-refractivity contribution in [3.63, 3.8) is 0 Å². The minimum Gasteiger partial charge on any atom is -0.481 e. The zero-order valence-corrected chi connectivity index (χ0v) is 8.97. The number of carboxylic acid groups (broad SMARTS) is 1. The van der Waals surface area contributed by atoms with Crippen molar-refractivity contribution in [1.29, 1.82) is 0 Å². The van der Waals surface area contributed by atoms with Crippen LogP contribution in [0.25, 0.3) is 0 Å². The number of likely N-dealkylation sites (tertiary alicyclic amines) is 1. The summed E-state index contributed by atoms with van der Waals surface area (Å²) in [6, 6.07) is 2.46. The molecular weight excluding hydrogens is 227 g/mol. The molecule has 1 N–H and O–H groups in total. The molecule has 0 bridgehead atoms. The van der Waals surface area contributed by atoms with Crippen LogP contribution in [0, 0.1) is 11.9 Å². The summed E-state index contributed by atoms with van der Waals surface area (Å²) < 4.78 is 12.6. The number of halogens is 1. The van der Waals surface area contributed by atoms with E-state index in [0.717, 1.165) is 12.3 Å². The number of carbonyl (C=O) groups excluding carboxylic acids is 1. The topological polar surface area (TPSA) is 70.5 Å². The summed E-state index contributed by atoms with van der Waals surface area (Å²) in [7, 11) is 0. The predicted octanol–water partition coefficient (Wildman–Crippen LogP) is 0.767. The van der Waals surface area contributed by atoms with Gasteiger partial charge >= 0.3 is 5.97 Å². The molecular formula is C11H11FN2O3. The van der Waals surface area contributed by atoms with Crippen LogP contribution in [0.5, 0.6) is 0 Å². The normalized spacial score (nSPS) is 19.4. The van der Waals surface area contributed by atoms with Crippen LogP contribution in [-0.2, 0) is 4.79 Å². The van der Waals surface area contributed by atoms with E-state index in [2.05, 4.69) is 4.98 Å². The van der Waals surface area contributed by atoms with Gasteiger partial charge in [-0.2, -0.15) is 4.39 Å². The first-order chi connectivity index (χ1) is 8.08. The van der Waals surface area contributed by atoms with Crippen LogP contribution < -0.4 is 0 Å². The Kier molecular flexibility index (Phi) is 3.03. The minimum absolute atomic E-state index is 0.200. The van der Waals surface area contributed by atoms with Gasteiger partial charge in [0.15, 0.2) is 0 Å². The van der Waals surface area contributed by atoms with Crippen molar-refractivity contribution in [3.8, 4) is 0 Å². The summed E-state index contributed by atoms with van der Waals surface area (Å²) in [5, 5.41) is 8.82. The van der Waals surface area contributed by atoms with Gasteiger partial charge in [-0.25, -0.2) is 4.98 Å². The van der Waals surface area contributed by atoms with Gasteiger partial charge in [0, 0.05) is 19.3 Å². The number of nitrogens with zero attached hydrogens (tertiary/aromatic N) is 2. The lowest BCUT2D eigenvalue weighted by atomic mass is 10.1. The van der Waals surface area contributed by atoms with Gasteiger partial charge in [0.2, 0.25) is 5.95 Å². The lowest BCUT2D eigenvalue weighted by Crippen LogP contribution is -2.30. The number of carbonyl (C=O) groups is 2. The quantitative estimate of drug-likeness (QED) is 0.772. The highest BCUT2D eigenvalue weighted by Gasteiger charge is 2.31. The Balaban J connectivity index is 2.07. The Morgan fingerprint density at radius 2 is 2.24 bits per heavy atom. The molecule has 0 radical (unpaired) electrons. The van der Waals surface area contributed by atoms with Crippen LogP contribution in [0.2, 0.25) is 0 Å². The molecule has 0 spiro atoms. The maximum absolute atomic E-state index is 12.6. The molecule has 0 saturated carbocycles. The van der Waals surface area contributed by atoms with E-state index in [1.807, 2.05) is 0 Å². The summed E-state index contributed by atoms with van der Waals surface area (Å²) in [5.74, 6) is -2.35. The molecule has 2 rings (SSSR count). The van der Waals surface area contributed by atoms with Crippen LogP contribution in [0.15, 0.2) is 18.3 Å². The number of pyridine rings is 1. The number of amides is 1. The van der Waals surface area contributed by atoms with Crippen molar-refractivity contribution in [2.75, 3.05) is 13.1 Å². The van der Waals surface area contributed by atoms with Crippen molar-refractivity contribution >= 4 is 11.9 Å². The standard InChI is InChI=1S/C11H11FN2O3/c12-9-2-1-7(5-13-9)10(15)14-4-3-8(6-14)11(16)17/h1-2,5,8H,3-4,6H2,(H,16,17). The van der Waals surface area contributed by atoms with Crippen molar-refractivity contribution in [2.45, 2.75) is 6.42 Å². The lowest BCUT2D eigenvalue weighted by Gasteiger charge is -2.15. The summed E-state index contributed by atoms with van der Waals surface area (Å²) in [6.45, 7) is 0.610. The summed E-state index contributed by atoms with van der Waals surface area (Å²) in [4.78, 5) is 27.5. The Labute approximate surface area is 96.9 Å². The van der Waals surface area contributed by atoms with Crippen LogP contribution in [0.1, 0.15) is 16.8 Å². The Hall–Kier alpha value is -1.98. The van der Waals surface area contributed by atoms with E-state index in [4.69, 9.17) is 5.11 Å². The number of rotatable bonds is 2. The number of aromatic nitrogens is 1. The molecule has 5 nitrogen and oxygen atoms in total. The van der Waals surface area contributed by atoms with E-state index in [-0.39, 0.29) is 18.0 Å². The number of hydrogen-bond acceptors (Lipinski definition) is 3. The Morgan fingerprint density at radius 3 is 2.76 bits per heavy atom. The van der Waals surface area contributed by atoms with E-state index in [1.165, 1.54) is 11.0 Å². The zero-order chi connectivity index (χ0) is 12.4. The molecule has 17 heavy (non-hydrogen) atoms. The molecule has 90 valence electrons. The van der Waals surface area contributed by atoms with Gasteiger partial charge in [0.25, 0.3) is 5.91 Å². The largest absolute Gasteiger partial charge is 0.481 e. The maximum atomic E-state index is 12.6. The summed E-state index contributed by atoms with van der Waals surface area (Å²) in [5.41, 5.74) is 0.275. The molecule has 1 saturated heterocycles. The third-order valence-corrected chi connectivity index (χ3v) is 2.80. The van der Waals surface area contributed by atoms with E-state index in [9.17, 15) is 14.0 Å². The molecule has 1 fully saturated rings. The highest BCUT2D eigenvalue weighted by molar-refractivity contribution is 5.94. The van der Waals surface area contributed by atoms with Gasteiger partial charge < -0.3 is 10.0 Å². The van der Waals surface area contributed by atoms with E-state index >= 15 is 0 Å². The molecule has 1 aliphatic rings. The van der Waals surface area contributed by atoms with Crippen LogP contribution in [0.3, 0.4) is 0 Å². The van der Waals surface area contributed by atoms with Crippen molar-refractivity contribution in [1.82, 2.24) is 9.88 Å². The average molecular weight is 238 g/mol. The van der Waals surface area contributed by atoms with Crippen LogP contribution in [-0.4, -0.2) is 40.0 Å². The monoisotopic (exact) mass is 238 g/mol. The van der Waals surface area contributed by atoms with Gasteiger partial charge in [-0.05, 0) is 18.6 Å². The van der Waals surface area contributed by atoms with Crippen molar-refractivity contribution in [3.05, 3.63) is 29.8 Å². The van der Waals surface area contributed by atoms with E-state index < -0.39 is 17.8 Å². The molecule has 1 amide bonds. The molecule has 1 aliphatic heterocycles. The predicted molar refractivity (Wildman–Crippen MR) is 55.8 cm³/mol. The van der Waals surface area contributed by atoms with Gasteiger partial charge in [-0.15, -0.1) is 0 Å². The van der Waals surface area contributed by atoms with Gasteiger partial charge in [0.1, 0.15) is 0 Å². The van der Waals surface area contributed by atoms with Crippen molar-refractivity contribution < 1.29 is 19.1 Å². The Bertz CT molecular complexity index is 447. The van der Waals surface area contributed by atoms with Crippen LogP contribution in [0.4, 0.5) is 4.39 Å². The fourth-order valence-electron chi connectivity index (χ4n) is 1.83. The van der Waals surface area contributed by atoms with E-state index in [1.54, 1.807) is 0 Å². The molecule has 2 heterocycles. The van der Waals surface area contributed by atoms with E-state index in [0.29, 0.717) is 13.0 Å². The van der Waals surface area contributed by atoms with Gasteiger partial charge in [-0.1, -0.05) is 0 Å². The second-order valence-electron chi connectivity index (χ2n) is 3.94. The third-order valence-electron chi connectivity index (χ3n) is 2.80. The zero-order valence-electron chi connectivity index (χ0n) is 8.97. The first-order valence-corrected chi connectivity index (χ1v) is 5.21. The average Bonchev–Trinajstić information content (AvgIpc) is 2.78. The molecule has 0 aliphatic carbocycles. The van der Waals surface area contributed by atoms with Crippen molar-refractivity contribution in [2.24, 2.45) is 5.92 Å². The fourth-order valence-corrected chi connectivity index (χ4v) is 1.83. The smallest absolute Gasteiger partial charge is 0.308 e. The highest BCUT2D eigenvalue weighted by atomic mass is 19.1. The highest BCUT2D eigenvalue weighted by Crippen LogP contribution is 2.18. The molecule has 6 heteroatoms. The minimum atomic E-state index is -0.891. The molecule has 0 aromatic carbocycles. The lowest BCUT2D eigenvalue weighted by molar-refractivity contribution is -0.141. The maximum Gasteiger partial charge on any atom is 0.308 e. The number of hydrogen-bond donors (Lipinski definition) is 1. The summed E-state index contributed by atoms with van der Waals surface area (Å²) in [6.07, 6.45) is 1.61. The SMILES string of the molecule is O=C(O)C1CCN(C(=O)c2ccc(F)nc2)C1. The first kappa shape index (κ1) is 11.5. The second-order valence-corrected chi connectivity index (χ2v) is 3.94. The van der Waals surface area contributed by atoms with Gasteiger partial charge in [0.05, 0.1) is 11.5 Å². The second kappa shape index (κ2) is 4.48. The van der Waals surface area contributed by atoms with Crippen LogP contribution >= 0.6 is 0 Å². The molecule has 1 aromatic heterocycles. The number of aliphatic carboxylic acids is 1. The molecule has 1 aromatic rings. The number of carboxylic acids is 1. The third kappa shape index (κ3) is 2.41. The summed E-state index contributed by atoms with van der Waals surface area (Å²) >= 11 is 0. The molecule has 1 atom stereocenters. The fraction of sp³-hybridized carbons (Fsp3) is 0.364. The molecule has 1 unspecified atom stereocenters.